The van der Waals surface area contributed by atoms with Crippen molar-refractivity contribution in [2.45, 2.75) is 38.3 Å². The molecule has 106 valence electrons. The molecule has 0 aliphatic carbocycles. The van der Waals surface area contributed by atoms with Gasteiger partial charge in [0.1, 0.15) is 0 Å². The number of hydrogen-bond acceptors (Lipinski definition) is 4. The van der Waals surface area contributed by atoms with Crippen LogP contribution < -0.4 is 10.6 Å². The van der Waals surface area contributed by atoms with Gasteiger partial charge in [-0.2, -0.15) is 0 Å². The maximum atomic E-state index is 11.8. The Balaban J connectivity index is 2.25. The number of carbonyl (C=O) groups is 1. The number of amides is 1. The fourth-order valence-electron chi connectivity index (χ4n) is 2.27. The van der Waals surface area contributed by atoms with E-state index in [4.69, 9.17) is 4.74 Å². The maximum Gasteiger partial charge on any atom is 0.236 e. The third-order valence-corrected chi connectivity index (χ3v) is 3.44. The van der Waals surface area contributed by atoms with Crippen LogP contribution in [-0.2, 0) is 9.53 Å². The van der Waals surface area contributed by atoms with Gasteiger partial charge in [0.15, 0.2) is 0 Å². The van der Waals surface area contributed by atoms with Gasteiger partial charge in [0, 0.05) is 19.7 Å². The van der Waals surface area contributed by atoms with E-state index in [1.165, 1.54) is 6.42 Å². The van der Waals surface area contributed by atoms with Gasteiger partial charge in [-0.3, -0.25) is 4.79 Å². The highest BCUT2D eigenvalue weighted by Crippen LogP contribution is 2.10. The van der Waals surface area contributed by atoms with Crippen molar-refractivity contribution in [3.05, 3.63) is 0 Å². The van der Waals surface area contributed by atoms with Gasteiger partial charge >= 0.3 is 0 Å². The predicted molar refractivity (Wildman–Crippen MR) is 72.6 cm³/mol. The van der Waals surface area contributed by atoms with Crippen LogP contribution in [0.15, 0.2) is 0 Å². The summed E-state index contributed by atoms with van der Waals surface area (Å²) in [5.74, 6) is 0.0599. The number of ether oxygens (including phenoxy) is 1. The van der Waals surface area contributed by atoms with E-state index in [1.807, 2.05) is 6.92 Å². The summed E-state index contributed by atoms with van der Waals surface area (Å²) in [5.41, 5.74) is 0. The molecule has 5 heteroatoms. The Bertz CT molecular complexity index is 248. The van der Waals surface area contributed by atoms with Gasteiger partial charge in [0.25, 0.3) is 0 Å². The fraction of sp³-hybridized carbons (Fsp3) is 0.923. The van der Waals surface area contributed by atoms with Gasteiger partial charge in [-0.05, 0) is 46.3 Å². The number of likely N-dealkylation sites (tertiary alicyclic amines) is 1. The summed E-state index contributed by atoms with van der Waals surface area (Å²) in [5, 5.41) is 6.29. The lowest BCUT2D eigenvalue weighted by atomic mass is 10.1. The number of rotatable bonds is 6. The monoisotopic (exact) mass is 257 g/mol. The number of nitrogens with one attached hydrogen (secondary N) is 2. The minimum Gasteiger partial charge on any atom is -0.383 e. The number of hydrogen-bond donors (Lipinski definition) is 2. The molecule has 0 spiro atoms. The van der Waals surface area contributed by atoms with Crippen molar-refractivity contribution in [1.29, 1.82) is 0 Å². The third-order valence-electron chi connectivity index (χ3n) is 3.44. The molecule has 0 saturated carbocycles. The molecule has 5 nitrogen and oxygen atoms in total. The van der Waals surface area contributed by atoms with E-state index in [2.05, 4.69) is 22.6 Å². The van der Waals surface area contributed by atoms with Gasteiger partial charge in [-0.1, -0.05) is 0 Å². The van der Waals surface area contributed by atoms with Crippen molar-refractivity contribution in [1.82, 2.24) is 15.5 Å². The molecule has 2 unspecified atom stereocenters. The molecule has 2 atom stereocenters. The minimum absolute atomic E-state index is 0.0599. The molecule has 2 N–H and O–H groups in total. The third kappa shape index (κ3) is 5.80. The Morgan fingerprint density at radius 2 is 2.22 bits per heavy atom. The Morgan fingerprint density at radius 1 is 1.44 bits per heavy atom. The highest BCUT2D eigenvalue weighted by Gasteiger charge is 2.19. The second kappa shape index (κ2) is 8.45. The van der Waals surface area contributed by atoms with E-state index in [-0.39, 0.29) is 11.9 Å². The largest absolute Gasteiger partial charge is 0.383 e. The van der Waals surface area contributed by atoms with E-state index in [9.17, 15) is 4.79 Å². The van der Waals surface area contributed by atoms with Crippen molar-refractivity contribution >= 4 is 5.91 Å². The first-order valence-corrected chi connectivity index (χ1v) is 6.84. The molecule has 18 heavy (non-hydrogen) atoms. The average molecular weight is 257 g/mol. The summed E-state index contributed by atoms with van der Waals surface area (Å²) in [4.78, 5) is 14.2. The van der Waals surface area contributed by atoms with Crippen molar-refractivity contribution < 1.29 is 9.53 Å². The highest BCUT2D eigenvalue weighted by atomic mass is 16.5. The van der Waals surface area contributed by atoms with Crippen LogP contribution in [0.4, 0.5) is 0 Å². The minimum atomic E-state index is -0.129. The van der Waals surface area contributed by atoms with Crippen LogP contribution >= 0.6 is 0 Å². The summed E-state index contributed by atoms with van der Waals surface area (Å²) in [6.07, 6.45) is 3.47. The second-order valence-electron chi connectivity index (χ2n) is 5.10. The molecule has 1 fully saturated rings. The van der Waals surface area contributed by atoms with Gasteiger partial charge in [0.05, 0.1) is 12.6 Å². The number of carbonyl (C=O) groups excluding carboxylic acids is 1. The zero-order valence-corrected chi connectivity index (χ0v) is 11.9. The van der Waals surface area contributed by atoms with E-state index in [0.717, 1.165) is 25.9 Å². The molecule has 1 aliphatic rings. The summed E-state index contributed by atoms with van der Waals surface area (Å²) < 4.78 is 4.91. The molecule has 0 aromatic carbocycles. The molecule has 0 radical (unpaired) electrons. The van der Waals surface area contributed by atoms with Crippen molar-refractivity contribution in [3.8, 4) is 0 Å². The molecular weight excluding hydrogens is 230 g/mol. The first kappa shape index (κ1) is 15.4. The molecular formula is C13H27N3O2. The number of nitrogens with zero attached hydrogens (tertiary/aromatic N) is 1. The summed E-state index contributed by atoms with van der Waals surface area (Å²) in [7, 11) is 3.79. The van der Waals surface area contributed by atoms with Crippen LogP contribution in [-0.4, -0.2) is 63.3 Å². The lowest BCUT2D eigenvalue weighted by molar-refractivity contribution is -0.123. The molecule has 0 bridgehead atoms. The van der Waals surface area contributed by atoms with Crippen LogP contribution in [0.5, 0.6) is 0 Å². The molecule has 1 aliphatic heterocycles. The first-order chi connectivity index (χ1) is 8.63. The standard InChI is InChI=1S/C13H27N3O2/c1-11(13(17)14-7-10-18-3)15-12-5-4-8-16(2)9-6-12/h11-12,15H,4-10H2,1-3H3,(H,14,17). The van der Waals surface area contributed by atoms with E-state index < -0.39 is 0 Å². The summed E-state index contributed by atoms with van der Waals surface area (Å²) in [6, 6.07) is 0.327. The van der Waals surface area contributed by atoms with Crippen molar-refractivity contribution in [3.63, 3.8) is 0 Å². The topological polar surface area (TPSA) is 53.6 Å². The van der Waals surface area contributed by atoms with Crippen LogP contribution in [0.1, 0.15) is 26.2 Å². The van der Waals surface area contributed by atoms with Crippen LogP contribution in [0.25, 0.3) is 0 Å². The molecule has 1 heterocycles. The highest BCUT2D eigenvalue weighted by molar-refractivity contribution is 5.81. The van der Waals surface area contributed by atoms with Gasteiger partial charge in [0.2, 0.25) is 5.91 Å². The Morgan fingerprint density at radius 3 is 2.94 bits per heavy atom. The van der Waals surface area contributed by atoms with Gasteiger partial charge < -0.3 is 20.3 Å². The summed E-state index contributed by atoms with van der Waals surface area (Å²) in [6.45, 7) is 5.33. The quantitative estimate of drug-likeness (QED) is 0.668. The van der Waals surface area contributed by atoms with Gasteiger partial charge in [-0.15, -0.1) is 0 Å². The van der Waals surface area contributed by atoms with Crippen LogP contribution in [0.3, 0.4) is 0 Å². The lowest BCUT2D eigenvalue weighted by Crippen LogP contribution is -2.47. The van der Waals surface area contributed by atoms with Crippen molar-refractivity contribution in [2.75, 3.05) is 40.4 Å². The maximum absolute atomic E-state index is 11.8. The van der Waals surface area contributed by atoms with Gasteiger partial charge in [-0.25, -0.2) is 0 Å². The molecule has 1 amide bonds. The zero-order valence-electron chi connectivity index (χ0n) is 11.9. The van der Waals surface area contributed by atoms with E-state index in [1.54, 1.807) is 7.11 Å². The fourth-order valence-corrected chi connectivity index (χ4v) is 2.27. The smallest absolute Gasteiger partial charge is 0.236 e. The lowest BCUT2D eigenvalue weighted by Gasteiger charge is -2.21. The second-order valence-corrected chi connectivity index (χ2v) is 5.10. The SMILES string of the molecule is COCCNC(=O)C(C)NC1CCCN(C)CC1. The average Bonchev–Trinajstić information content (AvgIpc) is 2.54. The summed E-state index contributed by atoms with van der Waals surface area (Å²) >= 11 is 0. The first-order valence-electron chi connectivity index (χ1n) is 6.84. The zero-order chi connectivity index (χ0) is 13.4. The molecule has 0 aromatic rings. The van der Waals surface area contributed by atoms with E-state index in [0.29, 0.717) is 19.2 Å². The number of methoxy groups -OCH3 is 1. The molecule has 0 aromatic heterocycles. The van der Waals surface area contributed by atoms with Crippen LogP contribution in [0.2, 0.25) is 0 Å². The van der Waals surface area contributed by atoms with E-state index >= 15 is 0 Å². The molecule has 1 rings (SSSR count). The predicted octanol–water partition coefficient (Wildman–Crippen LogP) is 0.211. The Labute approximate surface area is 110 Å². The molecule has 1 saturated heterocycles. The Kier molecular flexibility index (Phi) is 7.23. The normalized spacial score (nSPS) is 23.4. The Hall–Kier alpha value is -0.650. The van der Waals surface area contributed by atoms with Crippen LogP contribution in [0, 0.1) is 0 Å². The van der Waals surface area contributed by atoms with Crippen molar-refractivity contribution in [2.24, 2.45) is 0 Å².